The summed E-state index contributed by atoms with van der Waals surface area (Å²) in [5.74, 6) is 1.81. The van der Waals surface area contributed by atoms with Crippen LogP contribution in [-0.2, 0) is 0 Å². The van der Waals surface area contributed by atoms with Crippen molar-refractivity contribution in [2.75, 3.05) is 0 Å². The van der Waals surface area contributed by atoms with Crippen LogP contribution >= 0.6 is 0 Å². The zero-order chi connectivity index (χ0) is 39.6. The third-order valence-corrected chi connectivity index (χ3v) is 12.6. The van der Waals surface area contributed by atoms with Gasteiger partial charge in [-0.3, -0.25) is 0 Å². The monoisotopic (exact) mass is 760 g/mol. The molecule has 1 heterocycles. The third kappa shape index (κ3) is 5.42. The average Bonchev–Trinajstić information content (AvgIpc) is 3.33. The lowest BCUT2D eigenvalue weighted by Crippen LogP contribution is -2.56. The molecule has 0 radical (unpaired) electrons. The lowest BCUT2D eigenvalue weighted by atomic mass is 9.33. The summed E-state index contributed by atoms with van der Waals surface area (Å²) in [6, 6.07) is 81.9. The van der Waals surface area contributed by atoms with E-state index >= 15 is 0 Å². The number of rotatable bonds is 6. The van der Waals surface area contributed by atoms with E-state index < -0.39 is 0 Å². The van der Waals surface area contributed by atoms with Crippen molar-refractivity contribution < 1.29 is 4.74 Å². The van der Waals surface area contributed by atoms with E-state index in [0.29, 0.717) is 0 Å². The van der Waals surface area contributed by atoms with Gasteiger partial charge in [0.05, 0.1) is 0 Å². The van der Waals surface area contributed by atoms with Gasteiger partial charge in [-0.15, -0.1) is 0 Å². The highest BCUT2D eigenvalue weighted by Crippen LogP contribution is 2.47. The summed E-state index contributed by atoms with van der Waals surface area (Å²) in [6.45, 7) is -0.183. The van der Waals surface area contributed by atoms with Crippen LogP contribution in [0.15, 0.2) is 224 Å². The predicted molar refractivity (Wildman–Crippen MR) is 255 cm³/mol. The molecule has 1 aliphatic heterocycles. The van der Waals surface area contributed by atoms with Crippen LogP contribution < -0.4 is 21.1 Å². The van der Waals surface area contributed by atoms with Crippen molar-refractivity contribution in [3.63, 3.8) is 0 Å². The van der Waals surface area contributed by atoms with Gasteiger partial charge >= 0.3 is 0 Å². The highest BCUT2D eigenvalue weighted by Gasteiger charge is 2.40. The standard InChI is InChI=1S/C58H37BO/c1-6-18-38(19-7-1)44-36-49(40-22-10-3-11-23-40)56(50(37-44)41-24-12-4-13-25-41)59-51-28-16-17-29-52(51)60-58-48-35-34-46-45(39-20-8-2-9-21-39)32-30-43-31-33-47(55(48)53(43)46)54(57(58)59)42-26-14-5-15-27-42/h1-37H. The molecular formula is C58H37BO. The van der Waals surface area contributed by atoms with E-state index in [1.807, 2.05) is 0 Å². The van der Waals surface area contributed by atoms with Crippen molar-refractivity contribution in [2.24, 2.45) is 0 Å². The zero-order valence-electron chi connectivity index (χ0n) is 32.8. The Balaban J connectivity index is 1.26. The van der Waals surface area contributed by atoms with Crippen LogP contribution in [0.3, 0.4) is 0 Å². The molecule has 0 fully saturated rings. The Morgan fingerprint density at radius 3 is 1.42 bits per heavy atom. The van der Waals surface area contributed by atoms with E-state index in [4.69, 9.17) is 4.74 Å². The fourth-order valence-electron chi connectivity index (χ4n) is 9.97. The molecule has 1 aliphatic rings. The Kier molecular flexibility index (Phi) is 8.03. The van der Waals surface area contributed by atoms with Gasteiger partial charge in [0.25, 0.3) is 6.71 Å². The lowest BCUT2D eigenvalue weighted by Gasteiger charge is -2.34. The van der Waals surface area contributed by atoms with Gasteiger partial charge in [-0.2, -0.15) is 0 Å². The molecule has 0 saturated heterocycles. The number of benzene rings is 11. The highest BCUT2D eigenvalue weighted by molar-refractivity contribution is 6.99. The Labute approximate surface area is 350 Å². The molecule has 0 amide bonds. The Bertz CT molecular complexity index is 3300. The van der Waals surface area contributed by atoms with Gasteiger partial charge in [0.1, 0.15) is 11.5 Å². The molecule has 0 N–H and O–H groups in total. The first-order valence-corrected chi connectivity index (χ1v) is 20.8. The first kappa shape index (κ1) is 34.4. The largest absolute Gasteiger partial charge is 0.458 e. The van der Waals surface area contributed by atoms with E-state index in [9.17, 15) is 0 Å². The van der Waals surface area contributed by atoms with Gasteiger partial charge in [0, 0.05) is 10.8 Å². The van der Waals surface area contributed by atoms with Crippen molar-refractivity contribution in [1.82, 2.24) is 0 Å². The molecule has 0 bridgehead atoms. The minimum atomic E-state index is -0.183. The topological polar surface area (TPSA) is 9.23 Å². The van der Waals surface area contributed by atoms with Crippen LogP contribution in [0.2, 0.25) is 0 Å². The van der Waals surface area contributed by atoms with Crippen molar-refractivity contribution in [3.8, 4) is 67.1 Å². The van der Waals surface area contributed by atoms with Crippen LogP contribution in [0.5, 0.6) is 11.5 Å². The number of fused-ring (bicyclic) bond motifs is 3. The molecule has 11 aromatic carbocycles. The van der Waals surface area contributed by atoms with Crippen molar-refractivity contribution in [2.45, 2.75) is 0 Å². The van der Waals surface area contributed by atoms with E-state index in [1.165, 1.54) is 93.5 Å². The SMILES string of the molecule is c1ccc(-c2cc(-c3ccccc3)c(B3c4ccccc4Oc4c3c(-c3ccccc3)c3ccc5ccc(-c6ccccc6)c6ccc4c3c56)c(-c3ccccc3)c2)cc1. The van der Waals surface area contributed by atoms with Crippen molar-refractivity contribution in [3.05, 3.63) is 224 Å². The quantitative estimate of drug-likeness (QED) is 0.121. The number of hydrogen-bond donors (Lipinski definition) is 0. The maximum Gasteiger partial charge on any atom is 0.253 e. The van der Waals surface area contributed by atoms with E-state index in [1.54, 1.807) is 0 Å². The van der Waals surface area contributed by atoms with Gasteiger partial charge in [-0.25, -0.2) is 0 Å². The summed E-state index contributed by atoms with van der Waals surface area (Å²) < 4.78 is 7.35. The third-order valence-electron chi connectivity index (χ3n) is 12.6. The van der Waals surface area contributed by atoms with Crippen LogP contribution in [0, 0.1) is 0 Å². The number of ether oxygens (including phenoxy) is 1. The summed E-state index contributed by atoms with van der Waals surface area (Å²) in [7, 11) is 0. The summed E-state index contributed by atoms with van der Waals surface area (Å²) in [5, 5.41) is 7.35. The maximum absolute atomic E-state index is 7.35. The summed E-state index contributed by atoms with van der Waals surface area (Å²) in [6.07, 6.45) is 0. The van der Waals surface area contributed by atoms with Gasteiger partial charge in [0.2, 0.25) is 0 Å². The molecule has 0 spiro atoms. The smallest absolute Gasteiger partial charge is 0.253 e. The normalized spacial score (nSPS) is 12.1. The molecule has 1 nitrogen and oxygen atoms in total. The van der Waals surface area contributed by atoms with Crippen LogP contribution in [-0.4, -0.2) is 6.71 Å². The molecule has 0 saturated carbocycles. The number of para-hydroxylation sites is 1. The predicted octanol–water partition coefficient (Wildman–Crippen LogP) is 13.5. The van der Waals surface area contributed by atoms with Crippen LogP contribution in [0.1, 0.15) is 0 Å². The Morgan fingerprint density at radius 2 is 0.800 bits per heavy atom. The fraction of sp³-hybridized carbons (Fsp3) is 0. The Morgan fingerprint density at radius 1 is 0.317 bits per heavy atom. The second-order valence-electron chi connectivity index (χ2n) is 15.9. The molecule has 2 heteroatoms. The van der Waals surface area contributed by atoms with E-state index in [0.717, 1.165) is 22.3 Å². The number of hydrogen-bond acceptors (Lipinski definition) is 1. The van der Waals surface area contributed by atoms with E-state index in [2.05, 4.69) is 224 Å². The summed E-state index contributed by atoms with van der Waals surface area (Å²) >= 11 is 0. The molecule has 0 unspecified atom stereocenters. The highest BCUT2D eigenvalue weighted by atomic mass is 16.5. The second kappa shape index (κ2) is 14.0. The first-order valence-electron chi connectivity index (χ1n) is 20.8. The molecule has 0 aromatic heterocycles. The Hall–Kier alpha value is -7.68. The van der Waals surface area contributed by atoms with Crippen molar-refractivity contribution >= 4 is 55.4 Å². The maximum atomic E-state index is 7.35. The molecule has 60 heavy (non-hydrogen) atoms. The fourth-order valence-corrected chi connectivity index (χ4v) is 9.97. The van der Waals surface area contributed by atoms with Gasteiger partial charge in [-0.1, -0.05) is 206 Å². The molecular weight excluding hydrogens is 723 g/mol. The van der Waals surface area contributed by atoms with Crippen LogP contribution in [0.4, 0.5) is 0 Å². The molecule has 278 valence electrons. The van der Waals surface area contributed by atoms with Crippen LogP contribution in [0.25, 0.3) is 88.0 Å². The second-order valence-corrected chi connectivity index (χ2v) is 15.9. The van der Waals surface area contributed by atoms with Gasteiger partial charge < -0.3 is 4.74 Å². The first-order chi connectivity index (χ1) is 29.8. The zero-order valence-corrected chi connectivity index (χ0v) is 32.8. The molecule has 12 rings (SSSR count). The minimum absolute atomic E-state index is 0.183. The average molecular weight is 761 g/mol. The van der Waals surface area contributed by atoms with Crippen molar-refractivity contribution in [1.29, 1.82) is 0 Å². The molecule has 0 aliphatic carbocycles. The van der Waals surface area contributed by atoms with E-state index in [-0.39, 0.29) is 6.71 Å². The van der Waals surface area contributed by atoms with Gasteiger partial charge in [-0.05, 0) is 112 Å². The lowest BCUT2D eigenvalue weighted by molar-refractivity contribution is 0.493. The summed E-state index contributed by atoms with van der Waals surface area (Å²) in [5.41, 5.74) is 15.6. The molecule has 0 atom stereocenters. The summed E-state index contributed by atoms with van der Waals surface area (Å²) in [4.78, 5) is 0. The molecule has 11 aromatic rings. The van der Waals surface area contributed by atoms with Gasteiger partial charge in [0.15, 0.2) is 0 Å². The minimum Gasteiger partial charge on any atom is -0.458 e.